The van der Waals surface area contributed by atoms with Crippen molar-refractivity contribution in [1.29, 1.82) is 0 Å². The van der Waals surface area contributed by atoms with Crippen LogP contribution in [0.4, 0.5) is 0 Å². The van der Waals surface area contributed by atoms with Gasteiger partial charge in [0.05, 0.1) is 6.54 Å². The maximum absolute atomic E-state index is 11.8. The van der Waals surface area contributed by atoms with Crippen LogP contribution in [0, 0.1) is 11.8 Å². The van der Waals surface area contributed by atoms with Gasteiger partial charge < -0.3 is 9.42 Å². The number of likely N-dealkylation sites (tertiary alicyclic amines) is 1. The number of amides is 1. The normalized spacial score (nSPS) is 18.9. The van der Waals surface area contributed by atoms with Crippen LogP contribution < -0.4 is 0 Å². The Labute approximate surface area is 132 Å². The molecule has 2 heterocycles. The molecule has 1 unspecified atom stereocenters. The molecule has 1 atom stereocenters. The van der Waals surface area contributed by atoms with Gasteiger partial charge in [-0.15, -0.1) is 0 Å². The summed E-state index contributed by atoms with van der Waals surface area (Å²) in [6.45, 7) is 9.61. The van der Waals surface area contributed by atoms with E-state index in [1.54, 1.807) is 0 Å². The second-order valence-corrected chi connectivity index (χ2v) is 6.74. The fourth-order valence-electron chi connectivity index (χ4n) is 2.89. The van der Waals surface area contributed by atoms with E-state index in [9.17, 15) is 4.79 Å². The highest BCUT2D eigenvalue weighted by molar-refractivity contribution is 5.78. The lowest BCUT2D eigenvalue weighted by atomic mass is 10.1. The SMILES string of the molecule is CCN1CC(CN(C)Cc2nc(CCC(C)C)no2)CC1=O. The molecule has 6 heteroatoms. The summed E-state index contributed by atoms with van der Waals surface area (Å²) in [5, 5.41) is 4.04. The number of hydrogen-bond acceptors (Lipinski definition) is 5. The summed E-state index contributed by atoms with van der Waals surface area (Å²) in [5.41, 5.74) is 0. The molecule has 1 fully saturated rings. The first-order valence-corrected chi connectivity index (χ1v) is 8.25. The third-order valence-corrected chi connectivity index (χ3v) is 4.11. The van der Waals surface area contributed by atoms with Gasteiger partial charge in [-0.25, -0.2) is 0 Å². The Bertz CT molecular complexity index is 486. The number of nitrogens with zero attached hydrogens (tertiary/aromatic N) is 4. The molecule has 2 rings (SSSR count). The predicted octanol–water partition coefficient (Wildman–Crippen LogP) is 1.96. The highest BCUT2D eigenvalue weighted by Gasteiger charge is 2.29. The summed E-state index contributed by atoms with van der Waals surface area (Å²) in [6, 6.07) is 0. The Balaban J connectivity index is 1.77. The molecule has 0 radical (unpaired) electrons. The van der Waals surface area contributed by atoms with Gasteiger partial charge in [0.25, 0.3) is 0 Å². The Morgan fingerprint density at radius 3 is 2.86 bits per heavy atom. The van der Waals surface area contributed by atoms with Gasteiger partial charge in [0.2, 0.25) is 11.8 Å². The topological polar surface area (TPSA) is 62.5 Å². The maximum atomic E-state index is 11.8. The van der Waals surface area contributed by atoms with E-state index in [0.29, 0.717) is 30.7 Å². The van der Waals surface area contributed by atoms with Crippen LogP contribution in [-0.2, 0) is 17.8 Å². The van der Waals surface area contributed by atoms with Crippen LogP contribution in [0.25, 0.3) is 0 Å². The Hall–Kier alpha value is -1.43. The van der Waals surface area contributed by atoms with Gasteiger partial charge in [-0.3, -0.25) is 9.69 Å². The minimum absolute atomic E-state index is 0.273. The number of carbonyl (C=O) groups is 1. The van der Waals surface area contributed by atoms with E-state index in [-0.39, 0.29) is 5.91 Å². The van der Waals surface area contributed by atoms with Crippen molar-refractivity contribution < 1.29 is 9.32 Å². The maximum Gasteiger partial charge on any atom is 0.240 e. The fraction of sp³-hybridized carbons (Fsp3) is 0.812. The number of carbonyl (C=O) groups excluding carboxylic acids is 1. The zero-order valence-electron chi connectivity index (χ0n) is 14.2. The van der Waals surface area contributed by atoms with Crippen molar-refractivity contribution in [3.05, 3.63) is 11.7 Å². The quantitative estimate of drug-likeness (QED) is 0.734. The Morgan fingerprint density at radius 2 is 2.23 bits per heavy atom. The fourth-order valence-corrected chi connectivity index (χ4v) is 2.89. The standard InChI is InChI=1S/C16H28N4O2/c1-5-20-10-13(8-16(20)21)9-19(4)11-15-17-14(18-22-15)7-6-12(2)3/h12-13H,5-11H2,1-4H3. The van der Waals surface area contributed by atoms with Gasteiger partial charge in [-0.05, 0) is 32.2 Å². The van der Waals surface area contributed by atoms with Crippen molar-refractivity contribution >= 4 is 5.91 Å². The average molecular weight is 308 g/mol. The molecule has 0 N–H and O–H groups in total. The number of aryl methyl sites for hydroxylation is 1. The van der Waals surface area contributed by atoms with Gasteiger partial charge in [0.1, 0.15) is 0 Å². The zero-order chi connectivity index (χ0) is 16.1. The molecule has 0 bridgehead atoms. The van der Waals surface area contributed by atoms with Gasteiger partial charge in [-0.1, -0.05) is 19.0 Å². The van der Waals surface area contributed by atoms with Crippen molar-refractivity contribution in [2.75, 3.05) is 26.7 Å². The lowest BCUT2D eigenvalue weighted by Crippen LogP contribution is -2.28. The zero-order valence-corrected chi connectivity index (χ0v) is 14.2. The molecule has 0 saturated carbocycles. The smallest absolute Gasteiger partial charge is 0.240 e. The van der Waals surface area contributed by atoms with Crippen molar-refractivity contribution in [1.82, 2.24) is 19.9 Å². The van der Waals surface area contributed by atoms with Gasteiger partial charge >= 0.3 is 0 Å². The number of hydrogen-bond donors (Lipinski definition) is 0. The van der Waals surface area contributed by atoms with E-state index >= 15 is 0 Å². The molecule has 1 amide bonds. The van der Waals surface area contributed by atoms with E-state index in [0.717, 1.165) is 38.3 Å². The summed E-state index contributed by atoms with van der Waals surface area (Å²) in [6.07, 6.45) is 2.60. The first kappa shape index (κ1) is 16.9. The monoisotopic (exact) mass is 308 g/mol. The lowest BCUT2D eigenvalue weighted by molar-refractivity contribution is -0.127. The highest BCUT2D eigenvalue weighted by atomic mass is 16.5. The molecule has 22 heavy (non-hydrogen) atoms. The van der Waals surface area contributed by atoms with Crippen molar-refractivity contribution in [2.24, 2.45) is 11.8 Å². The molecule has 6 nitrogen and oxygen atoms in total. The van der Waals surface area contributed by atoms with Gasteiger partial charge in [0.15, 0.2) is 5.82 Å². The molecular formula is C16H28N4O2. The van der Waals surface area contributed by atoms with E-state index in [2.05, 4.69) is 28.9 Å². The first-order chi connectivity index (χ1) is 10.5. The number of rotatable bonds is 8. The summed E-state index contributed by atoms with van der Waals surface area (Å²) in [7, 11) is 2.04. The second-order valence-electron chi connectivity index (χ2n) is 6.74. The van der Waals surface area contributed by atoms with Crippen LogP contribution in [-0.4, -0.2) is 52.5 Å². The third kappa shape index (κ3) is 4.80. The molecule has 1 aliphatic heterocycles. The molecule has 0 aromatic carbocycles. The molecule has 0 aliphatic carbocycles. The Kier molecular flexibility index (Phi) is 5.94. The van der Waals surface area contributed by atoms with Gasteiger partial charge in [-0.2, -0.15) is 4.98 Å². The van der Waals surface area contributed by atoms with Crippen LogP contribution in [0.3, 0.4) is 0 Å². The van der Waals surface area contributed by atoms with Gasteiger partial charge in [0, 0.05) is 32.5 Å². The number of aromatic nitrogens is 2. The van der Waals surface area contributed by atoms with E-state index < -0.39 is 0 Å². The molecular weight excluding hydrogens is 280 g/mol. The minimum Gasteiger partial charge on any atom is -0.343 e. The second kappa shape index (κ2) is 7.72. The van der Waals surface area contributed by atoms with Crippen LogP contribution in [0.5, 0.6) is 0 Å². The molecule has 124 valence electrons. The summed E-state index contributed by atoms with van der Waals surface area (Å²) in [5.74, 6) is 2.78. The summed E-state index contributed by atoms with van der Waals surface area (Å²) in [4.78, 5) is 20.3. The van der Waals surface area contributed by atoms with Crippen molar-refractivity contribution in [3.8, 4) is 0 Å². The summed E-state index contributed by atoms with van der Waals surface area (Å²) < 4.78 is 5.32. The van der Waals surface area contributed by atoms with E-state index in [4.69, 9.17) is 4.52 Å². The lowest BCUT2D eigenvalue weighted by Gasteiger charge is -2.19. The minimum atomic E-state index is 0.273. The van der Waals surface area contributed by atoms with E-state index in [1.165, 1.54) is 0 Å². The largest absolute Gasteiger partial charge is 0.343 e. The van der Waals surface area contributed by atoms with Crippen LogP contribution in [0.15, 0.2) is 4.52 Å². The highest BCUT2D eigenvalue weighted by Crippen LogP contribution is 2.18. The predicted molar refractivity (Wildman–Crippen MR) is 84.2 cm³/mol. The van der Waals surface area contributed by atoms with Crippen LogP contribution >= 0.6 is 0 Å². The molecule has 0 spiro atoms. The Morgan fingerprint density at radius 1 is 1.45 bits per heavy atom. The van der Waals surface area contributed by atoms with Crippen LogP contribution in [0.1, 0.15) is 45.3 Å². The van der Waals surface area contributed by atoms with E-state index in [1.807, 2.05) is 18.9 Å². The van der Waals surface area contributed by atoms with Crippen molar-refractivity contribution in [2.45, 2.75) is 46.6 Å². The molecule has 1 aliphatic rings. The molecule has 1 saturated heterocycles. The van der Waals surface area contributed by atoms with Crippen LogP contribution in [0.2, 0.25) is 0 Å². The summed E-state index contributed by atoms with van der Waals surface area (Å²) >= 11 is 0. The average Bonchev–Trinajstić information content (AvgIpc) is 3.03. The molecule has 1 aromatic heterocycles. The van der Waals surface area contributed by atoms with Crippen molar-refractivity contribution in [3.63, 3.8) is 0 Å². The molecule has 1 aromatic rings. The third-order valence-electron chi connectivity index (χ3n) is 4.11. The first-order valence-electron chi connectivity index (χ1n) is 8.25.